The standard InChI is InChI=1S/C28H32FN5O3.C6H13NO2.C3H6O2.C2H6/c1-5-36-23-12-14-33(15-13-23)21-8-10-22(11-9-21)34-25(19-6-7-20(18-30)24(29)16-19)17-26(32-34)31-27(35)37-28(2,3)4;1-6(2,3)9-5(8)7-4;1-2-5-3-4;1-2/h6-11,16-17,23H,5,12-15H2,1-4H3,(H,31,32,35);1-4H3,(H,7,8);3H,2H2,1H3;1-2H3. The summed E-state index contributed by atoms with van der Waals surface area (Å²) in [5, 5.41) is 18.7. The molecule has 0 radical (unpaired) electrons. The highest BCUT2D eigenvalue weighted by molar-refractivity contribution is 5.85. The van der Waals surface area contributed by atoms with E-state index in [1.165, 1.54) is 19.2 Å². The van der Waals surface area contributed by atoms with Crippen molar-refractivity contribution in [3.63, 3.8) is 0 Å². The average Bonchev–Trinajstić information content (AvgIpc) is 3.52. The zero-order valence-electron chi connectivity index (χ0n) is 33.0. The summed E-state index contributed by atoms with van der Waals surface area (Å²) in [5.41, 5.74) is 1.81. The molecule has 0 atom stereocenters. The lowest BCUT2D eigenvalue weighted by Gasteiger charge is -2.33. The Morgan fingerprint density at radius 2 is 1.49 bits per heavy atom. The van der Waals surface area contributed by atoms with Crippen LogP contribution in [-0.2, 0) is 23.7 Å². The lowest BCUT2D eigenvalue weighted by atomic mass is 10.1. The number of benzene rings is 2. The fourth-order valence-corrected chi connectivity index (χ4v) is 4.74. The number of ether oxygens (including phenoxy) is 4. The van der Waals surface area contributed by atoms with Gasteiger partial charge in [0.25, 0.3) is 6.47 Å². The second-order valence-electron chi connectivity index (χ2n) is 13.2. The van der Waals surface area contributed by atoms with E-state index in [2.05, 4.69) is 25.4 Å². The number of carbonyl (C=O) groups excluding carboxylic acids is 3. The Labute approximate surface area is 313 Å². The van der Waals surface area contributed by atoms with E-state index >= 15 is 0 Å². The van der Waals surface area contributed by atoms with E-state index in [0.29, 0.717) is 30.4 Å². The number of alkyl carbamates (subject to hydrolysis) is 1. The van der Waals surface area contributed by atoms with E-state index in [1.807, 2.05) is 71.9 Å². The Hall–Kier alpha value is -5.16. The van der Waals surface area contributed by atoms with Crippen molar-refractivity contribution in [2.45, 2.75) is 99.4 Å². The largest absolute Gasteiger partial charge is 0.468 e. The summed E-state index contributed by atoms with van der Waals surface area (Å²) >= 11 is 0. The summed E-state index contributed by atoms with van der Waals surface area (Å²) < 4.78 is 36.2. The van der Waals surface area contributed by atoms with Crippen LogP contribution in [-0.4, -0.2) is 79.1 Å². The highest BCUT2D eigenvalue weighted by atomic mass is 19.1. The molecule has 292 valence electrons. The number of hydrogen-bond donors (Lipinski definition) is 2. The molecular weight excluding hydrogens is 683 g/mol. The first kappa shape index (κ1) is 45.9. The van der Waals surface area contributed by atoms with Crippen LogP contribution in [0.2, 0.25) is 0 Å². The summed E-state index contributed by atoms with van der Waals surface area (Å²) in [6.07, 6.45) is 1.27. The maximum Gasteiger partial charge on any atom is 0.413 e. The van der Waals surface area contributed by atoms with Crippen LogP contribution in [0.4, 0.5) is 25.5 Å². The van der Waals surface area contributed by atoms with Gasteiger partial charge in [0, 0.05) is 44.1 Å². The molecule has 13 nitrogen and oxygen atoms in total. The van der Waals surface area contributed by atoms with Gasteiger partial charge in [-0.1, -0.05) is 19.9 Å². The van der Waals surface area contributed by atoms with E-state index in [1.54, 1.807) is 44.5 Å². The molecule has 1 aliphatic rings. The van der Waals surface area contributed by atoms with Crippen molar-refractivity contribution in [2.75, 3.05) is 43.6 Å². The quantitative estimate of drug-likeness (QED) is 0.170. The Kier molecular flexibility index (Phi) is 19.6. The highest BCUT2D eigenvalue weighted by Gasteiger charge is 2.22. The Bertz CT molecular complexity index is 1600. The average molecular weight is 741 g/mol. The van der Waals surface area contributed by atoms with Crippen LogP contribution in [0.1, 0.15) is 87.6 Å². The number of carbonyl (C=O) groups is 3. The highest BCUT2D eigenvalue weighted by Crippen LogP contribution is 2.29. The van der Waals surface area contributed by atoms with E-state index in [9.17, 15) is 18.8 Å². The smallest absolute Gasteiger partial charge is 0.413 e. The molecule has 0 unspecified atom stereocenters. The van der Waals surface area contributed by atoms with E-state index in [-0.39, 0.29) is 23.1 Å². The van der Waals surface area contributed by atoms with Crippen molar-refractivity contribution in [1.29, 1.82) is 5.26 Å². The van der Waals surface area contributed by atoms with Crippen molar-refractivity contribution >= 4 is 30.2 Å². The number of nitriles is 1. The number of rotatable bonds is 8. The SMILES string of the molecule is CC.CCOC1CCN(c2ccc(-n3nc(NC(=O)OC(C)(C)C)cc3-c3ccc(C#N)c(F)c3)cc2)CC1.CCOC=O.CNC(=O)OC(C)(C)C. The predicted molar refractivity (Wildman–Crippen MR) is 205 cm³/mol. The molecule has 3 aromatic rings. The Morgan fingerprint density at radius 1 is 0.925 bits per heavy atom. The van der Waals surface area contributed by atoms with Gasteiger partial charge >= 0.3 is 12.2 Å². The van der Waals surface area contributed by atoms with Gasteiger partial charge < -0.3 is 29.2 Å². The van der Waals surface area contributed by atoms with Gasteiger partial charge in [0.05, 0.1) is 29.7 Å². The maximum absolute atomic E-state index is 14.5. The second-order valence-corrected chi connectivity index (χ2v) is 13.2. The predicted octanol–water partition coefficient (Wildman–Crippen LogP) is 8.25. The third-order valence-corrected chi connectivity index (χ3v) is 6.87. The number of amides is 2. The molecule has 1 fully saturated rings. The molecule has 0 aliphatic carbocycles. The van der Waals surface area contributed by atoms with Crippen LogP contribution in [0.5, 0.6) is 0 Å². The number of nitrogens with one attached hydrogen (secondary N) is 2. The van der Waals surface area contributed by atoms with Crippen molar-refractivity contribution < 1.29 is 37.7 Å². The van der Waals surface area contributed by atoms with Crippen LogP contribution in [0.3, 0.4) is 0 Å². The van der Waals surface area contributed by atoms with Crippen LogP contribution in [0.25, 0.3) is 16.9 Å². The lowest BCUT2D eigenvalue weighted by Crippen LogP contribution is -2.37. The van der Waals surface area contributed by atoms with Crippen LogP contribution < -0.4 is 15.5 Å². The minimum atomic E-state index is -0.668. The van der Waals surface area contributed by atoms with E-state index in [0.717, 1.165) is 43.9 Å². The Morgan fingerprint density at radius 3 is 1.92 bits per heavy atom. The van der Waals surface area contributed by atoms with Crippen LogP contribution in [0.15, 0.2) is 48.5 Å². The fraction of sp³-hybridized carbons (Fsp3) is 0.513. The number of aromatic nitrogens is 2. The number of anilines is 2. The molecule has 0 spiro atoms. The molecular formula is C39H57FN6O7. The summed E-state index contributed by atoms with van der Waals surface area (Å²) in [7, 11) is 1.54. The van der Waals surface area contributed by atoms with Gasteiger partial charge in [0.1, 0.15) is 23.1 Å². The van der Waals surface area contributed by atoms with Gasteiger partial charge in [-0.05, 0) is 105 Å². The Balaban J connectivity index is 0.000000738. The molecule has 4 rings (SSSR count). The lowest BCUT2D eigenvalue weighted by molar-refractivity contribution is -0.128. The minimum absolute atomic E-state index is 0.0422. The zero-order valence-corrected chi connectivity index (χ0v) is 33.0. The molecule has 2 heterocycles. The second kappa shape index (κ2) is 22.7. The summed E-state index contributed by atoms with van der Waals surface area (Å²) in [5.74, 6) is -0.365. The van der Waals surface area contributed by atoms with Crippen LogP contribution >= 0.6 is 0 Å². The normalized spacial score (nSPS) is 12.5. The molecule has 2 N–H and O–H groups in total. The first-order chi connectivity index (χ1) is 25.0. The molecule has 1 saturated heterocycles. The summed E-state index contributed by atoms with van der Waals surface area (Å²) in [6.45, 7) is 22.1. The number of nitrogens with zero attached hydrogens (tertiary/aromatic N) is 4. The summed E-state index contributed by atoms with van der Waals surface area (Å²) in [6, 6.07) is 15.8. The van der Waals surface area contributed by atoms with Gasteiger partial charge in [0.15, 0.2) is 5.82 Å². The van der Waals surface area contributed by atoms with E-state index < -0.39 is 17.5 Å². The third kappa shape index (κ3) is 16.8. The van der Waals surface area contributed by atoms with Gasteiger partial charge in [-0.25, -0.2) is 18.7 Å². The maximum atomic E-state index is 14.5. The van der Waals surface area contributed by atoms with Crippen molar-refractivity contribution in [2.24, 2.45) is 0 Å². The molecule has 2 aromatic carbocycles. The van der Waals surface area contributed by atoms with Gasteiger partial charge in [-0.2, -0.15) is 5.26 Å². The molecule has 53 heavy (non-hydrogen) atoms. The third-order valence-electron chi connectivity index (χ3n) is 6.87. The first-order valence-corrected chi connectivity index (χ1v) is 17.8. The van der Waals surface area contributed by atoms with Gasteiger partial charge in [-0.15, -0.1) is 5.10 Å². The fourth-order valence-electron chi connectivity index (χ4n) is 4.74. The zero-order chi connectivity index (χ0) is 40.2. The van der Waals surface area contributed by atoms with Crippen LogP contribution in [0, 0.1) is 17.1 Å². The number of hydrogen-bond acceptors (Lipinski definition) is 10. The van der Waals surface area contributed by atoms with Crippen molar-refractivity contribution in [3.05, 3.63) is 59.9 Å². The number of piperidine rings is 1. The van der Waals surface area contributed by atoms with Crippen molar-refractivity contribution in [1.82, 2.24) is 15.1 Å². The minimum Gasteiger partial charge on any atom is -0.468 e. The molecule has 0 bridgehead atoms. The van der Waals surface area contributed by atoms with Gasteiger partial charge in [-0.3, -0.25) is 10.1 Å². The number of halogens is 1. The van der Waals surface area contributed by atoms with Crippen molar-refractivity contribution in [3.8, 4) is 23.0 Å². The molecule has 1 aromatic heterocycles. The molecule has 2 amide bonds. The topological polar surface area (TPSA) is 157 Å². The molecule has 14 heteroatoms. The first-order valence-electron chi connectivity index (χ1n) is 17.8. The molecule has 1 aliphatic heterocycles. The monoisotopic (exact) mass is 740 g/mol. The van der Waals surface area contributed by atoms with E-state index in [4.69, 9.17) is 19.5 Å². The molecule has 0 saturated carbocycles. The summed E-state index contributed by atoms with van der Waals surface area (Å²) in [4.78, 5) is 34.4. The van der Waals surface area contributed by atoms with Gasteiger partial charge in [0.2, 0.25) is 0 Å².